The monoisotopic (exact) mass is 460 g/mol. The summed E-state index contributed by atoms with van der Waals surface area (Å²) in [6.07, 6.45) is 5.82. The van der Waals surface area contributed by atoms with Gasteiger partial charge < -0.3 is 15.2 Å². The predicted octanol–water partition coefficient (Wildman–Crippen LogP) is 5.98. The number of hydrogen-bond acceptors (Lipinski definition) is 5. The number of thiophene rings is 1. The van der Waals surface area contributed by atoms with Crippen LogP contribution in [0.4, 0.5) is 9.80 Å². The maximum atomic E-state index is 12.6. The fourth-order valence-electron chi connectivity index (χ4n) is 3.36. The summed E-state index contributed by atoms with van der Waals surface area (Å²) in [6.45, 7) is 5.83. The third-order valence-electron chi connectivity index (χ3n) is 5.13. The molecular formula is C24H32N2O5S. The van der Waals surface area contributed by atoms with Crippen LogP contribution in [-0.2, 0) is 11.3 Å². The van der Waals surface area contributed by atoms with Crippen molar-refractivity contribution >= 4 is 34.3 Å². The molecule has 0 saturated carbocycles. The first kappa shape index (κ1) is 25.4. The van der Waals surface area contributed by atoms with Gasteiger partial charge in [0.25, 0.3) is 0 Å². The van der Waals surface area contributed by atoms with Crippen LogP contribution in [0.1, 0.15) is 83.5 Å². The van der Waals surface area contributed by atoms with Crippen molar-refractivity contribution in [2.24, 2.45) is 0 Å². The number of anilines is 1. The molecule has 7 nitrogen and oxygen atoms in total. The Morgan fingerprint density at radius 2 is 1.69 bits per heavy atom. The minimum Gasteiger partial charge on any atom is -0.478 e. The number of nitrogens with one attached hydrogen (secondary N) is 2. The second-order valence-electron chi connectivity index (χ2n) is 7.71. The Kier molecular flexibility index (Phi) is 10.2. The van der Waals surface area contributed by atoms with E-state index in [1.165, 1.54) is 0 Å². The van der Waals surface area contributed by atoms with E-state index < -0.39 is 18.0 Å². The van der Waals surface area contributed by atoms with Gasteiger partial charge >= 0.3 is 18.0 Å². The number of hydrogen-bond donors (Lipinski definition) is 3. The number of carbonyl (C=O) groups excluding carboxylic acids is 2. The average molecular weight is 461 g/mol. The molecule has 2 aromatic rings. The van der Waals surface area contributed by atoms with Crippen LogP contribution in [0, 0.1) is 6.92 Å². The first-order chi connectivity index (χ1) is 15.4. The van der Waals surface area contributed by atoms with Crippen LogP contribution in [0.3, 0.4) is 0 Å². The van der Waals surface area contributed by atoms with Crippen molar-refractivity contribution in [3.05, 3.63) is 51.9 Å². The fourth-order valence-corrected chi connectivity index (χ4v) is 4.44. The normalized spacial score (nSPS) is 10.8. The maximum Gasteiger partial charge on any atom is 0.349 e. The molecule has 3 N–H and O–H groups in total. The highest BCUT2D eigenvalue weighted by atomic mass is 32.1. The lowest BCUT2D eigenvalue weighted by atomic mass is 10.0. The van der Waals surface area contributed by atoms with Gasteiger partial charge in [0.2, 0.25) is 0 Å². The van der Waals surface area contributed by atoms with Crippen molar-refractivity contribution in [3.8, 4) is 0 Å². The number of aromatic carboxylic acids is 1. The van der Waals surface area contributed by atoms with Crippen LogP contribution >= 0.6 is 11.3 Å². The zero-order chi connectivity index (χ0) is 23.5. The smallest absolute Gasteiger partial charge is 0.349 e. The van der Waals surface area contributed by atoms with Crippen molar-refractivity contribution in [3.63, 3.8) is 0 Å². The van der Waals surface area contributed by atoms with Gasteiger partial charge in [-0.15, -0.1) is 11.3 Å². The number of carbonyl (C=O) groups is 3. The molecule has 0 atom stereocenters. The van der Waals surface area contributed by atoms with E-state index in [1.54, 1.807) is 6.92 Å². The lowest BCUT2D eigenvalue weighted by Gasteiger charge is -2.18. The molecule has 8 heteroatoms. The quantitative estimate of drug-likeness (QED) is 0.338. The van der Waals surface area contributed by atoms with Gasteiger partial charge in [0, 0.05) is 6.04 Å². The molecule has 1 heterocycles. The minimum absolute atomic E-state index is 0.0274. The summed E-state index contributed by atoms with van der Waals surface area (Å²) in [5, 5.41) is 15.4. The van der Waals surface area contributed by atoms with Crippen molar-refractivity contribution in [2.75, 3.05) is 5.32 Å². The minimum atomic E-state index is -1.20. The van der Waals surface area contributed by atoms with E-state index in [1.807, 2.05) is 30.3 Å². The van der Waals surface area contributed by atoms with Gasteiger partial charge in [-0.05, 0) is 30.9 Å². The number of amides is 2. The molecule has 0 radical (unpaired) electrons. The number of benzene rings is 1. The number of ether oxygens (including phenoxy) is 1. The second kappa shape index (κ2) is 12.9. The van der Waals surface area contributed by atoms with Gasteiger partial charge in [-0.25, -0.2) is 14.4 Å². The van der Waals surface area contributed by atoms with Crippen molar-refractivity contribution in [1.29, 1.82) is 0 Å². The molecule has 174 valence electrons. The van der Waals surface area contributed by atoms with Gasteiger partial charge in [-0.3, -0.25) is 5.32 Å². The molecule has 0 saturated heterocycles. The number of unbranched alkanes of at least 4 members (excludes halogenated alkanes) is 2. The standard InChI is InChI=1S/C24H32N2O5S/c1-4-6-13-18(14-7-5-2)25-24(30)26-21-19(22(27)28)16(3)20(32-21)23(29)31-15-17-11-9-8-10-12-17/h8-12,18H,4-7,13-15H2,1-3H3,(H,27,28)(H2,25,26,30). The summed E-state index contributed by atoms with van der Waals surface area (Å²) < 4.78 is 5.35. The molecule has 0 aliphatic heterocycles. The Bertz CT molecular complexity index is 903. The van der Waals surface area contributed by atoms with Gasteiger partial charge in [-0.2, -0.15) is 0 Å². The molecule has 2 amide bonds. The molecule has 1 aromatic heterocycles. The van der Waals surface area contributed by atoms with Gasteiger partial charge in [0.05, 0.1) is 5.56 Å². The molecule has 0 spiro atoms. The number of esters is 1. The topological polar surface area (TPSA) is 105 Å². The highest BCUT2D eigenvalue weighted by Gasteiger charge is 2.26. The van der Waals surface area contributed by atoms with E-state index in [4.69, 9.17) is 4.74 Å². The zero-order valence-corrected chi connectivity index (χ0v) is 19.7. The number of rotatable bonds is 12. The highest BCUT2D eigenvalue weighted by Crippen LogP contribution is 2.34. The third-order valence-corrected chi connectivity index (χ3v) is 6.32. The summed E-state index contributed by atoms with van der Waals surface area (Å²) in [4.78, 5) is 37.2. The van der Waals surface area contributed by atoms with Gasteiger partial charge in [0.1, 0.15) is 16.5 Å². The average Bonchev–Trinajstić information content (AvgIpc) is 3.10. The zero-order valence-electron chi connectivity index (χ0n) is 18.9. The summed E-state index contributed by atoms with van der Waals surface area (Å²) in [5.41, 5.74) is 1.02. The van der Waals surface area contributed by atoms with Crippen LogP contribution in [0.2, 0.25) is 0 Å². The van der Waals surface area contributed by atoms with Gasteiger partial charge in [-0.1, -0.05) is 69.9 Å². The van der Waals surface area contributed by atoms with Crippen molar-refractivity contribution in [1.82, 2.24) is 5.32 Å². The second-order valence-corrected chi connectivity index (χ2v) is 8.73. The first-order valence-corrected chi connectivity index (χ1v) is 11.8. The number of carboxylic acids is 1. The molecule has 0 aliphatic carbocycles. The molecule has 2 rings (SSSR count). The summed E-state index contributed by atoms with van der Waals surface area (Å²) in [6, 6.07) is 8.79. The summed E-state index contributed by atoms with van der Waals surface area (Å²) in [7, 11) is 0. The Morgan fingerprint density at radius 1 is 1.06 bits per heavy atom. The largest absolute Gasteiger partial charge is 0.478 e. The predicted molar refractivity (Wildman–Crippen MR) is 127 cm³/mol. The van der Waals surface area contributed by atoms with Gasteiger partial charge in [0.15, 0.2) is 0 Å². The highest BCUT2D eigenvalue weighted by molar-refractivity contribution is 7.18. The van der Waals surface area contributed by atoms with E-state index in [9.17, 15) is 19.5 Å². The third kappa shape index (κ3) is 7.37. The molecule has 0 unspecified atom stereocenters. The molecule has 0 bridgehead atoms. The van der Waals surface area contributed by atoms with Crippen molar-refractivity contribution in [2.45, 2.75) is 71.9 Å². The molecule has 32 heavy (non-hydrogen) atoms. The Labute approximate surface area is 193 Å². The van der Waals surface area contributed by atoms with Crippen LogP contribution in [-0.4, -0.2) is 29.1 Å². The summed E-state index contributed by atoms with van der Waals surface area (Å²) in [5.74, 6) is -1.82. The van der Waals surface area contributed by atoms with E-state index in [2.05, 4.69) is 24.5 Å². The summed E-state index contributed by atoms with van der Waals surface area (Å²) >= 11 is 0.922. The lowest BCUT2D eigenvalue weighted by Crippen LogP contribution is -2.38. The Hall–Kier alpha value is -2.87. The Balaban J connectivity index is 2.12. The van der Waals surface area contributed by atoms with Crippen LogP contribution in [0.15, 0.2) is 30.3 Å². The van der Waals surface area contributed by atoms with E-state index >= 15 is 0 Å². The molecule has 0 aliphatic rings. The van der Waals surface area contributed by atoms with E-state index in [0.717, 1.165) is 55.4 Å². The van der Waals surface area contributed by atoms with Crippen molar-refractivity contribution < 1.29 is 24.2 Å². The SMILES string of the molecule is CCCCC(CCCC)NC(=O)Nc1sc(C(=O)OCc2ccccc2)c(C)c1C(=O)O. The fraction of sp³-hybridized carbons (Fsp3) is 0.458. The van der Waals surface area contributed by atoms with Crippen LogP contribution in [0.25, 0.3) is 0 Å². The molecule has 1 aromatic carbocycles. The van der Waals surface area contributed by atoms with E-state index in [0.29, 0.717) is 0 Å². The van der Waals surface area contributed by atoms with Crippen LogP contribution in [0.5, 0.6) is 0 Å². The van der Waals surface area contributed by atoms with E-state index in [-0.39, 0.29) is 33.7 Å². The lowest BCUT2D eigenvalue weighted by molar-refractivity contribution is 0.0477. The molecule has 0 fully saturated rings. The van der Waals surface area contributed by atoms with Crippen LogP contribution < -0.4 is 10.6 Å². The first-order valence-electron chi connectivity index (χ1n) is 11.0. The Morgan fingerprint density at radius 3 is 2.25 bits per heavy atom. The number of carboxylic acid groups (broad SMARTS) is 1. The number of urea groups is 1. The maximum absolute atomic E-state index is 12.6. The molecular weight excluding hydrogens is 428 g/mol.